The van der Waals surface area contributed by atoms with Crippen LogP contribution in [0.2, 0.25) is 0 Å². The molecule has 6 aromatic rings. The molecule has 0 unspecified atom stereocenters. The molecule has 318 valence electrons. The van der Waals surface area contributed by atoms with Crippen LogP contribution < -0.4 is 10.6 Å². The third-order valence-corrected chi connectivity index (χ3v) is 11.5. The zero-order valence-corrected chi connectivity index (χ0v) is 36.3. The van der Waals surface area contributed by atoms with Crippen LogP contribution in [0, 0.1) is 0 Å². The minimum absolute atomic E-state index is 0.380. The van der Waals surface area contributed by atoms with E-state index in [2.05, 4.69) is 130 Å². The average molecular weight is 833 g/mol. The number of nitrogens with one attached hydrogen (secondary N) is 2. The van der Waals surface area contributed by atoms with Crippen LogP contribution >= 0.6 is 8.25 Å². The first-order valence-electron chi connectivity index (χ1n) is 21.8. The normalized spacial score (nSPS) is 11.5. The fraction of sp³-hybridized carbons (Fsp3) is 0.417. The second-order valence-electron chi connectivity index (χ2n) is 15.1. The summed E-state index contributed by atoms with van der Waals surface area (Å²) in [5.41, 5.74) is 9.62. The van der Waals surface area contributed by atoms with Crippen molar-refractivity contribution >= 4 is 8.25 Å². The Balaban J connectivity index is 0.798. The minimum Gasteiger partial charge on any atom is -0.339 e. The van der Waals surface area contributed by atoms with Gasteiger partial charge in [-0.2, -0.15) is 9.97 Å². The van der Waals surface area contributed by atoms with Crippen molar-refractivity contribution in [3.8, 4) is 22.8 Å². The Kier molecular flexibility index (Phi) is 18.7. The van der Waals surface area contributed by atoms with Crippen molar-refractivity contribution in [1.82, 2.24) is 30.9 Å². The highest BCUT2D eigenvalue weighted by molar-refractivity contribution is 7.33. The summed E-state index contributed by atoms with van der Waals surface area (Å²) in [7, 11) is -2.53. The van der Waals surface area contributed by atoms with Crippen molar-refractivity contribution in [2.45, 2.75) is 104 Å². The number of aryl methyl sites for hydroxylation is 6. The summed E-state index contributed by atoms with van der Waals surface area (Å²) >= 11 is 0. The van der Waals surface area contributed by atoms with Crippen molar-refractivity contribution in [3.63, 3.8) is 0 Å². The van der Waals surface area contributed by atoms with Crippen molar-refractivity contribution in [2.24, 2.45) is 0 Å². The Bertz CT molecular complexity index is 2010. The molecule has 0 atom stereocenters. The number of nitrogens with zero attached hydrogens (tertiary/aromatic N) is 4. The summed E-state index contributed by atoms with van der Waals surface area (Å²) in [4.78, 5) is 9.33. The fourth-order valence-corrected chi connectivity index (χ4v) is 7.88. The standard InChI is InChI=1S/C48H61N6O5P/c1-3-39-33-41(47-51-45(58-53-47)23-13-11-21-37-17-7-5-8-18-37)25-27-43(39)35-49-29-15-31-56-60(55)57-32-16-30-50-36-44-28-26-42(34-40(44)4-2)48-52-46(59-54-48)24-14-12-22-38-19-9-6-10-20-38/h5-10,17-20,25-28,33-34,49-50,60H,3-4,11-16,21-24,29-32,35-36H2,1-2H3. The predicted molar refractivity (Wildman–Crippen MR) is 238 cm³/mol. The van der Waals surface area contributed by atoms with Gasteiger partial charge in [-0.05, 0) is 123 Å². The molecule has 0 aliphatic heterocycles. The van der Waals surface area contributed by atoms with E-state index >= 15 is 0 Å². The van der Waals surface area contributed by atoms with E-state index in [0.29, 0.717) is 36.6 Å². The Labute approximate surface area is 356 Å². The molecule has 0 saturated heterocycles. The van der Waals surface area contributed by atoms with Gasteiger partial charge in [0.1, 0.15) is 0 Å². The zero-order valence-electron chi connectivity index (χ0n) is 35.3. The SMILES string of the molecule is CCc1cc(-c2noc(CCCCc3ccccc3)n2)ccc1CNCCCO[PH](=O)OCCCNCc1ccc(-c2noc(CCCCc3ccccc3)n2)cc1CC. The van der Waals surface area contributed by atoms with E-state index in [-0.39, 0.29) is 0 Å². The van der Waals surface area contributed by atoms with Crippen LogP contribution in [-0.2, 0) is 65.2 Å². The molecule has 0 spiro atoms. The highest BCUT2D eigenvalue weighted by Crippen LogP contribution is 2.25. The molecule has 0 radical (unpaired) electrons. The quantitative estimate of drug-likeness (QED) is 0.0361. The molecular weight excluding hydrogens is 772 g/mol. The maximum absolute atomic E-state index is 12.3. The lowest BCUT2D eigenvalue weighted by molar-refractivity contribution is 0.220. The molecule has 4 aromatic carbocycles. The Morgan fingerprint density at radius 3 is 1.40 bits per heavy atom. The van der Waals surface area contributed by atoms with Crippen molar-refractivity contribution in [1.29, 1.82) is 0 Å². The number of hydrogen-bond acceptors (Lipinski definition) is 11. The Morgan fingerprint density at radius 2 is 0.967 bits per heavy atom. The van der Waals surface area contributed by atoms with E-state index in [0.717, 1.165) is 114 Å². The van der Waals surface area contributed by atoms with E-state index in [1.165, 1.54) is 33.4 Å². The summed E-state index contributed by atoms with van der Waals surface area (Å²) in [6.45, 7) is 8.03. The third-order valence-electron chi connectivity index (χ3n) is 10.6. The summed E-state index contributed by atoms with van der Waals surface area (Å²) in [6.07, 6.45) is 11.1. The molecule has 60 heavy (non-hydrogen) atoms. The van der Waals surface area contributed by atoms with Crippen molar-refractivity contribution < 1.29 is 22.7 Å². The first-order valence-corrected chi connectivity index (χ1v) is 23.0. The molecule has 0 amide bonds. The number of aromatic nitrogens is 4. The van der Waals surface area contributed by atoms with Gasteiger partial charge in [0.15, 0.2) is 0 Å². The first kappa shape index (κ1) is 44.8. The van der Waals surface area contributed by atoms with Crippen molar-refractivity contribution in [3.05, 3.63) is 142 Å². The fourth-order valence-electron chi connectivity index (χ4n) is 7.17. The van der Waals surface area contributed by atoms with Gasteiger partial charge in [0.25, 0.3) is 0 Å². The van der Waals surface area contributed by atoms with Crippen LogP contribution in [0.5, 0.6) is 0 Å². The molecule has 2 heterocycles. The zero-order chi connectivity index (χ0) is 41.6. The van der Waals surface area contributed by atoms with Gasteiger partial charge < -0.3 is 28.7 Å². The van der Waals surface area contributed by atoms with E-state index in [4.69, 9.17) is 18.1 Å². The van der Waals surface area contributed by atoms with Gasteiger partial charge in [-0.25, -0.2) is 0 Å². The molecule has 0 aliphatic carbocycles. The second kappa shape index (κ2) is 25.1. The summed E-state index contributed by atoms with van der Waals surface area (Å²) in [5, 5.41) is 15.5. The van der Waals surface area contributed by atoms with Crippen molar-refractivity contribution in [2.75, 3.05) is 26.3 Å². The van der Waals surface area contributed by atoms with Gasteiger partial charge in [0.05, 0.1) is 13.2 Å². The summed E-state index contributed by atoms with van der Waals surface area (Å²) in [5.74, 6) is 2.65. The number of hydrogen-bond donors (Lipinski definition) is 2. The monoisotopic (exact) mass is 832 g/mol. The molecule has 11 nitrogen and oxygen atoms in total. The number of rotatable bonds is 28. The largest absolute Gasteiger partial charge is 0.339 e. The molecule has 0 aliphatic rings. The van der Waals surface area contributed by atoms with Crippen LogP contribution in [0.4, 0.5) is 0 Å². The predicted octanol–water partition coefficient (Wildman–Crippen LogP) is 10.1. The van der Waals surface area contributed by atoms with Gasteiger partial charge in [-0.15, -0.1) is 0 Å². The number of unbranched alkanes of at least 4 members (excludes halogenated alkanes) is 2. The molecule has 12 heteroatoms. The van der Waals surface area contributed by atoms with Crippen LogP contribution in [0.25, 0.3) is 22.8 Å². The maximum atomic E-state index is 12.3. The Morgan fingerprint density at radius 1 is 0.533 bits per heavy atom. The van der Waals surface area contributed by atoms with Gasteiger partial charge in [0, 0.05) is 37.1 Å². The van der Waals surface area contributed by atoms with E-state index in [1.54, 1.807) is 0 Å². The molecule has 0 bridgehead atoms. The molecule has 0 saturated carbocycles. The van der Waals surface area contributed by atoms with Gasteiger partial charge >= 0.3 is 8.25 Å². The third kappa shape index (κ3) is 14.7. The van der Waals surface area contributed by atoms with E-state index in [1.807, 2.05) is 12.1 Å². The van der Waals surface area contributed by atoms with Crippen LogP contribution in [0.3, 0.4) is 0 Å². The van der Waals surface area contributed by atoms with Crippen LogP contribution in [0.15, 0.2) is 106 Å². The van der Waals surface area contributed by atoms with Gasteiger partial charge in [-0.3, -0.25) is 4.57 Å². The average Bonchev–Trinajstić information content (AvgIpc) is 3.98. The van der Waals surface area contributed by atoms with E-state index in [9.17, 15) is 4.57 Å². The molecule has 2 N–H and O–H groups in total. The lowest BCUT2D eigenvalue weighted by Crippen LogP contribution is -2.17. The van der Waals surface area contributed by atoms with Crippen LogP contribution in [0.1, 0.15) is 97.5 Å². The lowest BCUT2D eigenvalue weighted by atomic mass is 10.0. The lowest BCUT2D eigenvalue weighted by Gasteiger charge is -2.11. The highest BCUT2D eigenvalue weighted by atomic mass is 31.1. The Hall–Kier alpha value is -4.77. The maximum Gasteiger partial charge on any atom is 0.319 e. The summed E-state index contributed by atoms with van der Waals surface area (Å²) in [6, 6.07) is 33.8. The van der Waals surface area contributed by atoms with Crippen LogP contribution in [-0.4, -0.2) is 46.6 Å². The topological polar surface area (TPSA) is 137 Å². The smallest absolute Gasteiger partial charge is 0.319 e. The molecule has 6 rings (SSSR count). The molecule has 0 fully saturated rings. The summed E-state index contributed by atoms with van der Waals surface area (Å²) < 4.78 is 34.4. The molecule has 2 aromatic heterocycles. The minimum atomic E-state index is -2.53. The highest BCUT2D eigenvalue weighted by Gasteiger charge is 2.13. The van der Waals surface area contributed by atoms with E-state index < -0.39 is 8.25 Å². The molecular formula is C48H61N6O5P. The second-order valence-corrected chi connectivity index (χ2v) is 16.2. The van der Waals surface area contributed by atoms with Gasteiger partial charge in [0.2, 0.25) is 23.4 Å². The van der Waals surface area contributed by atoms with Gasteiger partial charge in [-0.1, -0.05) is 109 Å². The number of benzene rings is 4. The first-order chi connectivity index (χ1) is 29.6.